The smallest absolute Gasteiger partial charge is 0.247 e. The fourth-order valence-electron chi connectivity index (χ4n) is 6.01. The normalized spacial score (nSPS) is 20.4. The van der Waals surface area contributed by atoms with E-state index in [1.165, 1.54) is 11.1 Å². The summed E-state index contributed by atoms with van der Waals surface area (Å²) in [5.41, 5.74) is 4.33. The van der Waals surface area contributed by atoms with Crippen LogP contribution in [0.1, 0.15) is 63.8 Å². The topological polar surface area (TPSA) is 107 Å². The molecule has 3 N–H and O–H groups in total. The highest BCUT2D eigenvalue weighted by atomic mass is 16.2. The van der Waals surface area contributed by atoms with Gasteiger partial charge in [-0.2, -0.15) is 5.10 Å². The van der Waals surface area contributed by atoms with E-state index in [2.05, 4.69) is 33.0 Å². The molecule has 3 amide bonds. The minimum atomic E-state index is -0.955. The van der Waals surface area contributed by atoms with Crippen LogP contribution in [0.3, 0.4) is 0 Å². The third-order valence-corrected chi connectivity index (χ3v) is 7.77. The quantitative estimate of drug-likeness (QED) is 0.417. The molecule has 0 radical (unpaired) electrons. The van der Waals surface area contributed by atoms with Crippen molar-refractivity contribution >= 4 is 17.7 Å². The molecule has 1 aromatic heterocycles. The first-order valence-electron chi connectivity index (χ1n) is 14.1. The van der Waals surface area contributed by atoms with Gasteiger partial charge in [-0.05, 0) is 80.2 Å². The van der Waals surface area contributed by atoms with Crippen molar-refractivity contribution in [1.82, 2.24) is 25.7 Å². The SMILES string of the molecule is CC(C)C[C@@H]1C(=O)NC(C2Cc3ccccc3C2)C(=O)N1[C@@H](C(=O)NC(C)(C)C)c1ccc(-c2ccn[nH]2)cc1. The molecule has 1 fully saturated rings. The van der Waals surface area contributed by atoms with Crippen LogP contribution in [0.15, 0.2) is 60.8 Å². The van der Waals surface area contributed by atoms with Crippen molar-refractivity contribution in [2.24, 2.45) is 11.8 Å². The summed E-state index contributed by atoms with van der Waals surface area (Å²) in [6.45, 7) is 9.80. The van der Waals surface area contributed by atoms with Gasteiger partial charge in [-0.15, -0.1) is 0 Å². The summed E-state index contributed by atoms with van der Waals surface area (Å²) < 4.78 is 0. The molecule has 0 spiro atoms. The first-order valence-corrected chi connectivity index (χ1v) is 14.1. The van der Waals surface area contributed by atoms with Gasteiger partial charge in [-0.3, -0.25) is 19.5 Å². The van der Waals surface area contributed by atoms with Crippen LogP contribution >= 0.6 is 0 Å². The monoisotopic (exact) mass is 541 g/mol. The molecule has 8 nitrogen and oxygen atoms in total. The number of aromatic amines is 1. The summed E-state index contributed by atoms with van der Waals surface area (Å²) in [4.78, 5) is 43.8. The molecule has 2 aliphatic rings. The fourth-order valence-corrected chi connectivity index (χ4v) is 6.01. The number of hydrogen-bond donors (Lipinski definition) is 3. The van der Waals surface area contributed by atoms with Crippen molar-refractivity contribution in [2.45, 2.75) is 77.5 Å². The lowest BCUT2D eigenvalue weighted by atomic mass is 9.87. The number of amides is 3. The first kappa shape index (κ1) is 27.6. The maximum absolute atomic E-state index is 14.5. The number of carbonyl (C=O) groups is 3. The van der Waals surface area contributed by atoms with Crippen molar-refractivity contribution in [1.29, 1.82) is 0 Å². The van der Waals surface area contributed by atoms with Crippen LogP contribution in [-0.4, -0.2) is 50.4 Å². The van der Waals surface area contributed by atoms with Gasteiger partial charge < -0.3 is 15.5 Å². The summed E-state index contributed by atoms with van der Waals surface area (Å²) in [6.07, 6.45) is 3.58. The van der Waals surface area contributed by atoms with Crippen LogP contribution < -0.4 is 10.6 Å². The lowest BCUT2D eigenvalue weighted by Crippen LogP contribution is -2.67. The van der Waals surface area contributed by atoms with Crippen LogP contribution in [0.2, 0.25) is 0 Å². The highest BCUT2D eigenvalue weighted by Crippen LogP contribution is 2.36. The summed E-state index contributed by atoms with van der Waals surface area (Å²) in [5, 5.41) is 13.1. The van der Waals surface area contributed by atoms with E-state index in [0.29, 0.717) is 24.8 Å². The van der Waals surface area contributed by atoms with Gasteiger partial charge in [0.15, 0.2) is 0 Å². The Bertz CT molecular complexity index is 1350. The molecule has 3 atom stereocenters. The largest absolute Gasteiger partial charge is 0.349 e. The van der Waals surface area contributed by atoms with E-state index in [1.807, 2.05) is 77.1 Å². The Kier molecular flexibility index (Phi) is 7.53. The number of carbonyl (C=O) groups excluding carboxylic acids is 3. The standard InChI is InChI=1S/C32H39N5O3/c1-19(2)16-26-29(38)34-27(24-17-22-8-6-7-9-23(22)18-24)31(40)37(26)28(30(39)35-32(3,4)5)21-12-10-20(11-13-21)25-14-15-33-36-25/h6-15,19,24,26-28H,16-18H2,1-5H3,(H,33,36)(H,34,38)(H,35,39)/t26-,27?,28-/m1/s1. The number of fused-ring (bicyclic) bond motifs is 1. The van der Waals surface area contributed by atoms with Gasteiger partial charge in [0, 0.05) is 11.7 Å². The predicted octanol–water partition coefficient (Wildman–Crippen LogP) is 4.19. The molecule has 3 aromatic rings. The number of nitrogens with one attached hydrogen (secondary N) is 3. The zero-order chi connectivity index (χ0) is 28.6. The van der Waals surface area contributed by atoms with Gasteiger partial charge in [0.1, 0.15) is 18.1 Å². The maximum Gasteiger partial charge on any atom is 0.247 e. The van der Waals surface area contributed by atoms with Crippen molar-refractivity contribution in [3.05, 3.63) is 77.5 Å². The van der Waals surface area contributed by atoms with Crippen molar-refractivity contribution in [2.75, 3.05) is 0 Å². The highest BCUT2D eigenvalue weighted by Gasteiger charge is 2.49. The Morgan fingerprint density at radius 1 is 1.02 bits per heavy atom. The first-order chi connectivity index (χ1) is 19.0. The zero-order valence-corrected chi connectivity index (χ0v) is 23.9. The minimum Gasteiger partial charge on any atom is -0.349 e. The number of aromatic nitrogens is 2. The van der Waals surface area contributed by atoms with Crippen LogP contribution in [0.25, 0.3) is 11.3 Å². The van der Waals surface area contributed by atoms with E-state index < -0.39 is 23.7 Å². The molecule has 40 heavy (non-hydrogen) atoms. The molecule has 8 heteroatoms. The molecule has 0 saturated carbocycles. The summed E-state index contributed by atoms with van der Waals surface area (Å²) >= 11 is 0. The third kappa shape index (κ3) is 5.67. The van der Waals surface area contributed by atoms with Gasteiger partial charge >= 0.3 is 0 Å². The molecule has 1 aliphatic heterocycles. The molecule has 1 unspecified atom stereocenters. The van der Waals surface area contributed by atoms with Crippen molar-refractivity contribution < 1.29 is 14.4 Å². The fraction of sp³-hybridized carbons (Fsp3) is 0.438. The van der Waals surface area contributed by atoms with E-state index in [-0.39, 0.29) is 29.6 Å². The Morgan fingerprint density at radius 2 is 1.68 bits per heavy atom. The number of hydrogen-bond acceptors (Lipinski definition) is 4. The van der Waals surface area contributed by atoms with Crippen LogP contribution in [0.5, 0.6) is 0 Å². The van der Waals surface area contributed by atoms with E-state index in [1.54, 1.807) is 11.1 Å². The molecular formula is C32H39N5O3. The average Bonchev–Trinajstić information content (AvgIpc) is 3.57. The molecule has 1 saturated heterocycles. The lowest BCUT2D eigenvalue weighted by molar-refractivity contribution is -0.158. The Labute approximate surface area is 235 Å². The molecule has 210 valence electrons. The van der Waals surface area contributed by atoms with E-state index >= 15 is 0 Å². The zero-order valence-electron chi connectivity index (χ0n) is 23.9. The molecule has 2 aromatic carbocycles. The summed E-state index contributed by atoms with van der Waals surface area (Å²) in [7, 11) is 0. The average molecular weight is 542 g/mol. The number of H-pyrrole nitrogens is 1. The van der Waals surface area contributed by atoms with E-state index in [0.717, 1.165) is 11.3 Å². The second-order valence-corrected chi connectivity index (χ2v) is 12.5. The summed E-state index contributed by atoms with van der Waals surface area (Å²) in [5.74, 6) is -0.614. The van der Waals surface area contributed by atoms with Gasteiger partial charge in [-0.25, -0.2) is 0 Å². The van der Waals surface area contributed by atoms with Gasteiger partial charge in [0.25, 0.3) is 0 Å². The third-order valence-electron chi connectivity index (χ3n) is 7.77. The van der Waals surface area contributed by atoms with Crippen LogP contribution in [0, 0.1) is 11.8 Å². The van der Waals surface area contributed by atoms with Crippen LogP contribution in [0.4, 0.5) is 0 Å². The lowest BCUT2D eigenvalue weighted by Gasteiger charge is -2.45. The van der Waals surface area contributed by atoms with Gasteiger partial charge in [0.05, 0.1) is 5.69 Å². The Morgan fingerprint density at radius 3 is 2.23 bits per heavy atom. The number of nitrogens with zero attached hydrogens (tertiary/aromatic N) is 2. The number of piperazine rings is 1. The molecule has 1 aliphatic carbocycles. The minimum absolute atomic E-state index is 0.0644. The number of benzene rings is 2. The molecule has 2 heterocycles. The maximum atomic E-state index is 14.5. The van der Waals surface area contributed by atoms with E-state index in [4.69, 9.17) is 0 Å². The van der Waals surface area contributed by atoms with Gasteiger partial charge in [0.2, 0.25) is 17.7 Å². The van der Waals surface area contributed by atoms with Gasteiger partial charge in [-0.1, -0.05) is 62.4 Å². The van der Waals surface area contributed by atoms with Crippen LogP contribution in [-0.2, 0) is 27.2 Å². The Balaban J connectivity index is 1.55. The molecule has 5 rings (SSSR count). The van der Waals surface area contributed by atoms with Crippen molar-refractivity contribution in [3.63, 3.8) is 0 Å². The molecular weight excluding hydrogens is 502 g/mol. The van der Waals surface area contributed by atoms with E-state index in [9.17, 15) is 14.4 Å². The second kappa shape index (κ2) is 10.9. The predicted molar refractivity (Wildman–Crippen MR) is 154 cm³/mol. The second-order valence-electron chi connectivity index (χ2n) is 12.5. The van der Waals surface area contributed by atoms with Crippen molar-refractivity contribution in [3.8, 4) is 11.3 Å². The summed E-state index contributed by atoms with van der Waals surface area (Å²) in [6, 6.07) is 15.2. The Hall–Kier alpha value is -3.94. The number of rotatable bonds is 7. The molecule has 0 bridgehead atoms. The highest BCUT2D eigenvalue weighted by molar-refractivity contribution is 6.00.